The molecule has 0 rings (SSSR count). The maximum absolute atomic E-state index is 6.59. The van der Waals surface area contributed by atoms with E-state index in [2.05, 4.69) is 41.5 Å². The predicted molar refractivity (Wildman–Crippen MR) is 178 cm³/mol. The third-order valence-corrected chi connectivity index (χ3v) is 7.23. The van der Waals surface area contributed by atoms with Crippen LogP contribution in [-0.2, 0) is 33.2 Å². The maximum Gasteiger partial charge on any atom is 0.222 e. The van der Waals surface area contributed by atoms with Gasteiger partial charge in [0, 0.05) is 27.1 Å². The molecule has 0 aromatic rings. The minimum Gasteiger partial charge on any atom is -0.494 e. The van der Waals surface area contributed by atoms with Crippen molar-refractivity contribution in [2.75, 3.05) is 40.6 Å². The van der Waals surface area contributed by atoms with Crippen molar-refractivity contribution >= 4 is 0 Å². The number of allylic oxidation sites excluding steroid dienone is 2. The van der Waals surface area contributed by atoms with Crippen molar-refractivity contribution in [3.8, 4) is 0 Å². The van der Waals surface area contributed by atoms with Gasteiger partial charge in [-0.3, -0.25) is 0 Å². The van der Waals surface area contributed by atoms with E-state index in [4.69, 9.17) is 33.2 Å². The zero-order valence-corrected chi connectivity index (χ0v) is 29.6. The highest BCUT2D eigenvalue weighted by Crippen LogP contribution is 2.28. The van der Waals surface area contributed by atoms with Gasteiger partial charge in [0.15, 0.2) is 11.5 Å². The molecule has 0 aliphatic rings. The van der Waals surface area contributed by atoms with Crippen LogP contribution in [0.3, 0.4) is 0 Å². The minimum absolute atomic E-state index is 0.570. The molecule has 0 heterocycles. The summed E-state index contributed by atoms with van der Waals surface area (Å²) in [5.41, 5.74) is 0. The average Bonchev–Trinajstić information content (AvgIpc) is 3.02. The number of unbranched alkanes of at least 4 members (excludes halogenated alkanes) is 10. The van der Waals surface area contributed by atoms with Crippen molar-refractivity contribution in [3.63, 3.8) is 0 Å². The van der Waals surface area contributed by atoms with Gasteiger partial charge in [0.2, 0.25) is 12.6 Å². The van der Waals surface area contributed by atoms with Crippen molar-refractivity contribution in [3.05, 3.63) is 23.0 Å². The van der Waals surface area contributed by atoms with Crippen LogP contribution in [0.4, 0.5) is 0 Å². The molecule has 0 N–H and O–H groups in total. The molecule has 0 aliphatic heterocycles. The summed E-state index contributed by atoms with van der Waals surface area (Å²) in [6, 6.07) is 0. The highest BCUT2D eigenvalue weighted by molar-refractivity contribution is 5.09. The Morgan fingerprint density at radius 3 is 1.02 bits per heavy atom. The van der Waals surface area contributed by atoms with E-state index >= 15 is 0 Å². The lowest BCUT2D eigenvalue weighted by atomic mass is 10.1. The van der Waals surface area contributed by atoms with Crippen LogP contribution in [0.15, 0.2) is 23.0 Å². The molecule has 0 saturated heterocycles. The summed E-state index contributed by atoms with van der Waals surface area (Å²) in [4.78, 5) is 0. The van der Waals surface area contributed by atoms with Crippen LogP contribution in [0.25, 0.3) is 0 Å². The van der Waals surface area contributed by atoms with Gasteiger partial charge in [-0.25, -0.2) is 0 Å². The lowest BCUT2D eigenvalue weighted by molar-refractivity contribution is -0.227. The summed E-state index contributed by atoms with van der Waals surface area (Å²) in [6.07, 6.45) is 17.1. The number of hydrogen-bond donors (Lipinski definition) is 0. The number of ether oxygens (including phenoxy) is 7. The number of methoxy groups -OCH3 is 2. The first-order valence-electron chi connectivity index (χ1n) is 17.8. The molecule has 43 heavy (non-hydrogen) atoms. The van der Waals surface area contributed by atoms with Gasteiger partial charge in [0.25, 0.3) is 0 Å². The standard InChI is InChI=1S/C36H70O7/c1-9-15-21-23-25-31(39-27-17-11-3)33(41-29-19-13-5)35(37-7)43-36(38-8)34(42-30-20-14-6)32(40-28-18-12-4)26-24-22-16-10-2/h35-36H,9-30H2,1-8H3. The zero-order chi connectivity index (χ0) is 32.0. The normalized spacial score (nSPS) is 14.1. The highest BCUT2D eigenvalue weighted by Gasteiger charge is 2.31. The molecule has 7 heteroatoms. The minimum atomic E-state index is -0.814. The Hall–Kier alpha value is -1.44. The largest absolute Gasteiger partial charge is 0.494 e. The summed E-state index contributed by atoms with van der Waals surface area (Å²) in [6.45, 7) is 15.5. The first kappa shape index (κ1) is 41.6. The summed E-state index contributed by atoms with van der Waals surface area (Å²) in [5.74, 6) is 2.85. The van der Waals surface area contributed by atoms with Crippen LogP contribution >= 0.6 is 0 Å². The Bertz CT molecular complexity index is 621. The highest BCUT2D eigenvalue weighted by atomic mass is 16.8. The molecule has 2 atom stereocenters. The summed E-state index contributed by atoms with van der Waals surface area (Å²) >= 11 is 0. The van der Waals surface area contributed by atoms with Crippen LogP contribution in [0.2, 0.25) is 0 Å². The molecule has 0 bridgehead atoms. The summed E-state index contributed by atoms with van der Waals surface area (Å²) in [7, 11) is 3.29. The fourth-order valence-electron chi connectivity index (χ4n) is 4.41. The van der Waals surface area contributed by atoms with Crippen molar-refractivity contribution in [1.29, 1.82) is 0 Å². The van der Waals surface area contributed by atoms with Gasteiger partial charge in [-0.05, 0) is 38.5 Å². The van der Waals surface area contributed by atoms with Gasteiger partial charge in [0.1, 0.15) is 11.5 Å². The first-order valence-corrected chi connectivity index (χ1v) is 17.8. The molecule has 256 valence electrons. The fraction of sp³-hybridized carbons (Fsp3) is 0.889. The van der Waals surface area contributed by atoms with Gasteiger partial charge in [-0.1, -0.05) is 106 Å². The fourth-order valence-corrected chi connectivity index (χ4v) is 4.41. The van der Waals surface area contributed by atoms with E-state index in [9.17, 15) is 0 Å². The smallest absolute Gasteiger partial charge is 0.222 e. The Labute approximate surface area is 266 Å². The number of hydrogen-bond acceptors (Lipinski definition) is 7. The van der Waals surface area contributed by atoms with Crippen LogP contribution in [-0.4, -0.2) is 53.2 Å². The first-order chi connectivity index (χ1) is 21.1. The molecule has 0 aromatic carbocycles. The molecule has 0 spiro atoms. The van der Waals surface area contributed by atoms with Gasteiger partial charge in [-0.2, -0.15) is 0 Å². The van der Waals surface area contributed by atoms with Crippen LogP contribution in [0, 0.1) is 0 Å². The molecule has 0 radical (unpaired) electrons. The topological polar surface area (TPSA) is 64.6 Å². The Kier molecular flexibility index (Phi) is 29.6. The van der Waals surface area contributed by atoms with E-state index in [1.165, 1.54) is 25.7 Å². The van der Waals surface area contributed by atoms with Crippen molar-refractivity contribution < 1.29 is 33.2 Å². The second-order valence-corrected chi connectivity index (χ2v) is 11.3. The average molecular weight is 615 g/mol. The molecule has 0 amide bonds. The number of rotatable bonds is 32. The molecule has 0 aromatic heterocycles. The summed E-state index contributed by atoms with van der Waals surface area (Å²) < 4.78 is 44.1. The third-order valence-electron chi connectivity index (χ3n) is 7.23. The van der Waals surface area contributed by atoms with Crippen LogP contribution < -0.4 is 0 Å². The Balaban J connectivity index is 6.50. The van der Waals surface area contributed by atoms with Crippen LogP contribution in [0.1, 0.15) is 157 Å². The molecule has 2 unspecified atom stereocenters. The summed E-state index contributed by atoms with van der Waals surface area (Å²) in [5, 5.41) is 0. The molecule has 7 nitrogen and oxygen atoms in total. The van der Waals surface area contributed by atoms with Crippen molar-refractivity contribution in [2.24, 2.45) is 0 Å². The van der Waals surface area contributed by atoms with E-state index in [-0.39, 0.29) is 0 Å². The SMILES string of the molecule is CCCCCCC(OCCCC)=C(OCCCC)C(OC)OC(OC)C(OCCCC)=C(CCCCCC)OCCCC. The Morgan fingerprint density at radius 2 is 0.721 bits per heavy atom. The molecular formula is C36H70O7. The van der Waals surface area contributed by atoms with E-state index in [0.717, 1.165) is 101 Å². The maximum atomic E-state index is 6.59. The van der Waals surface area contributed by atoms with E-state index < -0.39 is 12.6 Å². The lowest BCUT2D eigenvalue weighted by Crippen LogP contribution is -2.32. The van der Waals surface area contributed by atoms with Gasteiger partial charge >= 0.3 is 0 Å². The lowest BCUT2D eigenvalue weighted by Gasteiger charge is -2.29. The second kappa shape index (κ2) is 30.6. The second-order valence-electron chi connectivity index (χ2n) is 11.3. The van der Waals surface area contributed by atoms with Crippen LogP contribution in [0.5, 0.6) is 0 Å². The molecule has 0 aliphatic carbocycles. The quantitative estimate of drug-likeness (QED) is 0.0424. The van der Waals surface area contributed by atoms with Gasteiger partial charge in [-0.15, -0.1) is 0 Å². The van der Waals surface area contributed by atoms with Gasteiger partial charge < -0.3 is 33.2 Å². The molecule has 0 saturated carbocycles. The predicted octanol–water partition coefficient (Wildman–Crippen LogP) is 10.6. The van der Waals surface area contributed by atoms with Crippen molar-refractivity contribution in [1.82, 2.24) is 0 Å². The monoisotopic (exact) mass is 615 g/mol. The van der Waals surface area contributed by atoms with Crippen molar-refractivity contribution in [2.45, 2.75) is 170 Å². The third kappa shape index (κ3) is 20.3. The van der Waals surface area contributed by atoms with E-state index in [0.29, 0.717) is 37.9 Å². The Morgan fingerprint density at radius 1 is 0.395 bits per heavy atom. The van der Waals surface area contributed by atoms with Gasteiger partial charge in [0.05, 0.1) is 26.4 Å². The van der Waals surface area contributed by atoms with E-state index in [1.807, 2.05) is 0 Å². The zero-order valence-electron chi connectivity index (χ0n) is 29.6. The van der Waals surface area contributed by atoms with E-state index in [1.54, 1.807) is 14.2 Å². The molecular weight excluding hydrogens is 544 g/mol. The molecule has 0 fully saturated rings.